The molecule has 0 amide bonds. The molecule has 0 aromatic rings. The van der Waals surface area contributed by atoms with Gasteiger partial charge in [0.2, 0.25) is 5.12 Å². The lowest BCUT2D eigenvalue weighted by Crippen LogP contribution is -1.91. The molecule has 0 fully saturated rings. The van der Waals surface area contributed by atoms with Gasteiger partial charge in [-0.2, -0.15) is 0 Å². The van der Waals surface area contributed by atoms with Crippen molar-refractivity contribution in [1.29, 1.82) is 0 Å². The molecular formula is C7H6OS. The molecule has 0 bridgehead atoms. The van der Waals surface area contributed by atoms with E-state index >= 15 is 0 Å². The second-order valence-electron chi connectivity index (χ2n) is 1.74. The van der Waals surface area contributed by atoms with E-state index in [1.165, 1.54) is 11.8 Å². The Morgan fingerprint density at radius 1 is 1.89 bits per heavy atom. The summed E-state index contributed by atoms with van der Waals surface area (Å²) in [4.78, 5) is 10.5. The SMILES string of the molecule is C#CCC1C=CC(=O)S1. The zero-order valence-electron chi connectivity index (χ0n) is 4.83. The Morgan fingerprint density at radius 3 is 3.11 bits per heavy atom. The summed E-state index contributed by atoms with van der Waals surface area (Å²) in [5.41, 5.74) is 0. The van der Waals surface area contributed by atoms with Crippen molar-refractivity contribution in [2.24, 2.45) is 0 Å². The number of carbonyl (C=O) groups is 1. The molecule has 2 heteroatoms. The zero-order valence-corrected chi connectivity index (χ0v) is 5.65. The van der Waals surface area contributed by atoms with Gasteiger partial charge in [-0.15, -0.1) is 12.3 Å². The Kier molecular flexibility index (Phi) is 1.96. The molecule has 9 heavy (non-hydrogen) atoms. The van der Waals surface area contributed by atoms with E-state index in [1.54, 1.807) is 6.08 Å². The molecule has 0 saturated heterocycles. The van der Waals surface area contributed by atoms with Crippen LogP contribution in [-0.2, 0) is 4.79 Å². The minimum absolute atomic E-state index is 0.121. The van der Waals surface area contributed by atoms with Gasteiger partial charge in [-0.1, -0.05) is 17.8 Å². The zero-order chi connectivity index (χ0) is 6.69. The van der Waals surface area contributed by atoms with E-state index in [0.717, 1.165) is 0 Å². The topological polar surface area (TPSA) is 17.1 Å². The van der Waals surface area contributed by atoms with Crippen LogP contribution in [-0.4, -0.2) is 10.4 Å². The van der Waals surface area contributed by atoms with Crippen LogP contribution in [0.3, 0.4) is 0 Å². The average Bonchev–Trinajstić information content (AvgIpc) is 2.17. The van der Waals surface area contributed by atoms with Gasteiger partial charge in [-0.3, -0.25) is 4.79 Å². The van der Waals surface area contributed by atoms with Crippen molar-refractivity contribution < 1.29 is 4.79 Å². The van der Waals surface area contributed by atoms with E-state index in [0.29, 0.717) is 6.42 Å². The highest BCUT2D eigenvalue weighted by Gasteiger charge is 2.14. The van der Waals surface area contributed by atoms with Crippen LogP contribution in [0.4, 0.5) is 0 Å². The first-order valence-corrected chi connectivity index (χ1v) is 3.53. The number of carbonyl (C=O) groups excluding carboxylic acids is 1. The molecule has 0 saturated carbocycles. The molecule has 1 aliphatic rings. The minimum Gasteiger partial charge on any atom is -0.282 e. The van der Waals surface area contributed by atoms with Crippen molar-refractivity contribution in [1.82, 2.24) is 0 Å². The van der Waals surface area contributed by atoms with Gasteiger partial charge in [0, 0.05) is 11.7 Å². The van der Waals surface area contributed by atoms with Gasteiger partial charge < -0.3 is 0 Å². The highest BCUT2D eigenvalue weighted by Crippen LogP contribution is 2.22. The van der Waals surface area contributed by atoms with Crippen LogP contribution >= 0.6 is 11.8 Å². The van der Waals surface area contributed by atoms with Gasteiger partial charge in [-0.25, -0.2) is 0 Å². The molecule has 0 aliphatic carbocycles. The first kappa shape index (κ1) is 6.44. The lowest BCUT2D eigenvalue weighted by molar-refractivity contribution is -0.106. The first-order chi connectivity index (χ1) is 4.33. The maximum Gasteiger partial charge on any atom is 0.212 e. The summed E-state index contributed by atoms with van der Waals surface area (Å²) in [5, 5.41) is 0.359. The Labute approximate surface area is 58.5 Å². The van der Waals surface area contributed by atoms with E-state index in [9.17, 15) is 4.79 Å². The Balaban J connectivity index is 2.43. The minimum atomic E-state index is 0.121. The molecule has 1 atom stereocenters. The fraction of sp³-hybridized carbons (Fsp3) is 0.286. The summed E-state index contributed by atoms with van der Waals surface area (Å²) in [5.74, 6) is 2.51. The summed E-state index contributed by atoms with van der Waals surface area (Å²) in [6.07, 6.45) is 9.13. The van der Waals surface area contributed by atoms with Gasteiger partial charge in [0.1, 0.15) is 0 Å². The van der Waals surface area contributed by atoms with Crippen LogP contribution in [0, 0.1) is 12.3 Å². The second kappa shape index (κ2) is 2.75. The third kappa shape index (κ3) is 1.62. The van der Waals surface area contributed by atoms with Gasteiger partial charge in [0.15, 0.2) is 0 Å². The third-order valence-corrected chi connectivity index (χ3v) is 2.03. The number of hydrogen-bond acceptors (Lipinski definition) is 2. The first-order valence-electron chi connectivity index (χ1n) is 2.65. The van der Waals surface area contributed by atoms with Gasteiger partial charge in [0.05, 0.1) is 0 Å². The fourth-order valence-corrected chi connectivity index (χ4v) is 1.43. The molecule has 0 spiro atoms. The Morgan fingerprint density at radius 2 is 2.67 bits per heavy atom. The van der Waals surface area contributed by atoms with Crippen LogP contribution in [0.15, 0.2) is 12.2 Å². The summed E-state index contributed by atoms with van der Waals surface area (Å²) in [6, 6.07) is 0. The van der Waals surface area contributed by atoms with Gasteiger partial charge in [0.25, 0.3) is 0 Å². The summed E-state index contributed by atoms with van der Waals surface area (Å²) in [6.45, 7) is 0. The van der Waals surface area contributed by atoms with Crippen molar-refractivity contribution in [2.45, 2.75) is 11.7 Å². The van der Waals surface area contributed by atoms with Gasteiger partial charge >= 0.3 is 0 Å². The van der Waals surface area contributed by atoms with Crippen LogP contribution in [0.5, 0.6) is 0 Å². The maximum absolute atomic E-state index is 10.5. The fourth-order valence-electron chi connectivity index (χ4n) is 0.640. The maximum atomic E-state index is 10.5. The predicted octanol–water partition coefficient (Wildman–Crippen LogP) is 1.21. The molecule has 1 aliphatic heterocycles. The number of hydrogen-bond donors (Lipinski definition) is 0. The number of rotatable bonds is 1. The predicted molar refractivity (Wildman–Crippen MR) is 39.0 cm³/mol. The van der Waals surface area contributed by atoms with E-state index in [2.05, 4.69) is 5.92 Å². The average molecular weight is 138 g/mol. The summed E-state index contributed by atoms with van der Waals surface area (Å²) >= 11 is 1.30. The van der Waals surface area contributed by atoms with Gasteiger partial charge in [-0.05, 0) is 6.08 Å². The van der Waals surface area contributed by atoms with Crippen LogP contribution in [0.25, 0.3) is 0 Å². The van der Waals surface area contributed by atoms with E-state index in [4.69, 9.17) is 6.42 Å². The lowest BCUT2D eigenvalue weighted by Gasteiger charge is -1.95. The molecule has 1 nitrogen and oxygen atoms in total. The van der Waals surface area contributed by atoms with Crippen molar-refractivity contribution in [3.63, 3.8) is 0 Å². The lowest BCUT2D eigenvalue weighted by atomic mass is 10.3. The quantitative estimate of drug-likeness (QED) is 0.506. The van der Waals surface area contributed by atoms with Crippen molar-refractivity contribution in [3.8, 4) is 12.3 Å². The highest BCUT2D eigenvalue weighted by atomic mass is 32.2. The van der Waals surface area contributed by atoms with Crippen LogP contribution in [0.2, 0.25) is 0 Å². The standard InChI is InChI=1S/C7H6OS/c1-2-3-6-4-5-7(8)9-6/h1,4-6H,3H2. The monoisotopic (exact) mass is 138 g/mol. The molecule has 0 aromatic carbocycles. The van der Waals surface area contributed by atoms with Crippen molar-refractivity contribution in [2.75, 3.05) is 0 Å². The molecule has 46 valence electrons. The van der Waals surface area contributed by atoms with E-state index < -0.39 is 0 Å². The molecule has 0 aromatic heterocycles. The number of terminal acetylenes is 1. The highest BCUT2D eigenvalue weighted by molar-refractivity contribution is 8.15. The molecule has 1 rings (SSSR count). The van der Waals surface area contributed by atoms with Crippen LogP contribution < -0.4 is 0 Å². The normalized spacial score (nSPS) is 24.3. The van der Waals surface area contributed by atoms with E-state index in [1.807, 2.05) is 6.08 Å². The second-order valence-corrected chi connectivity index (χ2v) is 2.99. The van der Waals surface area contributed by atoms with Crippen molar-refractivity contribution >= 4 is 16.9 Å². The molecular weight excluding hydrogens is 132 g/mol. The molecule has 1 unspecified atom stereocenters. The third-order valence-electron chi connectivity index (χ3n) is 1.03. The number of thioether (sulfide) groups is 1. The van der Waals surface area contributed by atoms with Crippen molar-refractivity contribution in [3.05, 3.63) is 12.2 Å². The molecule has 1 heterocycles. The summed E-state index contributed by atoms with van der Waals surface area (Å²) in [7, 11) is 0. The molecule has 0 radical (unpaired) electrons. The summed E-state index contributed by atoms with van der Waals surface area (Å²) < 4.78 is 0. The Bertz CT molecular complexity index is 188. The van der Waals surface area contributed by atoms with Crippen LogP contribution in [0.1, 0.15) is 6.42 Å². The molecule has 0 N–H and O–H groups in total. The smallest absolute Gasteiger partial charge is 0.212 e. The van der Waals surface area contributed by atoms with E-state index in [-0.39, 0.29) is 10.4 Å². The Hall–Kier alpha value is -0.680. The largest absolute Gasteiger partial charge is 0.282 e.